The van der Waals surface area contributed by atoms with Crippen LogP contribution in [0.4, 0.5) is 16.3 Å². The van der Waals surface area contributed by atoms with Crippen LogP contribution < -0.4 is 15.5 Å². The number of aromatic nitrogens is 2. The molecule has 3 amide bonds. The molecule has 10 heteroatoms. The van der Waals surface area contributed by atoms with E-state index in [4.69, 9.17) is 9.84 Å². The van der Waals surface area contributed by atoms with Gasteiger partial charge in [-0.3, -0.25) is 14.5 Å². The second-order valence-electron chi connectivity index (χ2n) is 10.7. The van der Waals surface area contributed by atoms with Crippen LogP contribution in [0.5, 0.6) is 0 Å². The predicted octanol–water partition coefficient (Wildman–Crippen LogP) is 2.86. The van der Waals surface area contributed by atoms with Crippen molar-refractivity contribution in [3.05, 3.63) is 52.7 Å². The maximum atomic E-state index is 12.6. The Bertz CT molecular complexity index is 1320. The molecule has 1 aromatic carbocycles. The number of carbonyl (C=O) groups is 2. The van der Waals surface area contributed by atoms with Gasteiger partial charge >= 0.3 is 6.03 Å². The van der Waals surface area contributed by atoms with E-state index in [1.54, 1.807) is 14.1 Å². The van der Waals surface area contributed by atoms with E-state index in [0.717, 1.165) is 57.7 Å². The number of urea groups is 1. The summed E-state index contributed by atoms with van der Waals surface area (Å²) in [7, 11) is 3.31. The van der Waals surface area contributed by atoms with E-state index in [0.29, 0.717) is 31.4 Å². The van der Waals surface area contributed by atoms with Gasteiger partial charge in [0, 0.05) is 69.7 Å². The molecule has 1 unspecified atom stereocenters. The molecule has 4 aliphatic rings. The summed E-state index contributed by atoms with van der Waals surface area (Å²) in [6.07, 6.45) is 8.69. The maximum absolute atomic E-state index is 12.6. The van der Waals surface area contributed by atoms with Crippen LogP contribution in [-0.2, 0) is 28.9 Å². The van der Waals surface area contributed by atoms with Crippen molar-refractivity contribution in [2.75, 3.05) is 51.8 Å². The fraction of sp³-hybridized carbons (Fsp3) is 0.517. The van der Waals surface area contributed by atoms with Gasteiger partial charge in [0.1, 0.15) is 5.71 Å². The molecule has 1 atom stereocenters. The Balaban J connectivity index is 1.32. The molecular weight excluding hydrogens is 494 g/mol. The topological polar surface area (TPSA) is 104 Å². The molecule has 0 bridgehead atoms. The normalized spacial score (nSPS) is 21.2. The van der Waals surface area contributed by atoms with Crippen molar-refractivity contribution >= 4 is 29.2 Å². The van der Waals surface area contributed by atoms with Crippen LogP contribution >= 0.6 is 0 Å². The molecule has 4 aliphatic heterocycles. The molecule has 6 rings (SSSR count). The Hall–Kier alpha value is -3.66. The van der Waals surface area contributed by atoms with Gasteiger partial charge in [0.15, 0.2) is 5.82 Å². The van der Waals surface area contributed by atoms with Crippen molar-refractivity contribution in [3.8, 4) is 0 Å². The number of anilines is 2. The number of nitrogens with zero attached hydrogens (tertiary/aromatic N) is 5. The van der Waals surface area contributed by atoms with Crippen molar-refractivity contribution in [1.82, 2.24) is 25.3 Å². The lowest BCUT2D eigenvalue weighted by Crippen LogP contribution is -2.42. The molecule has 1 fully saturated rings. The first-order chi connectivity index (χ1) is 19.1. The van der Waals surface area contributed by atoms with E-state index in [1.807, 2.05) is 11.0 Å². The van der Waals surface area contributed by atoms with Crippen LogP contribution in [0.15, 0.2) is 35.3 Å². The van der Waals surface area contributed by atoms with Crippen molar-refractivity contribution in [2.45, 2.75) is 50.6 Å². The third-order valence-corrected chi connectivity index (χ3v) is 8.41. The zero-order valence-corrected chi connectivity index (χ0v) is 22.8. The smallest absolute Gasteiger partial charge is 0.317 e. The molecule has 0 radical (unpaired) electrons. The number of fused-ring (bicyclic) bond motifs is 2. The monoisotopic (exact) mass is 531 g/mol. The number of rotatable bonds is 4. The molecule has 10 nitrogen and oxygen atoms in total. The molecule has 1 saturated heterocycles. The number of nitrogens with one attached hydrogen (secondary N) is 2. The molecule has 0 aliphatic carbocycles. The average molecular weight is 532 g/mol. The minimum atomic E-state index is -0.149. The van der Waals surface area contributed by atoms with Crippen LogP contribution in [0.2, 0.25) is 0 Å². The summed E-state index contributed by atoms with van der Waals surface area (Å²) >= 11 is 0. The van der Waals surface area contributed by atoms with E-state index < -0.39 is 0 Å². The minimum absolute atomic E-state index is 0.0446. The zero-order chi connectivity index (χ0) is 26.9. The first-order valence-electron chi connectivity index (χ1n) is 14.1. The summed E-state index contributed by atoms with van der Waals surface area (Å²) in [5.74, 6) is 0.987. The number of aryl methyl sites for hydroxylation is 1. The summed E-state index contributed by atoms with van der Waals surface area (Å²) in [5, 5.41) is 10.7. The van der Waals surface area contributed by atoms with Gasteiger partial charge in [0.25, 0.3) is 5.91 Å². The van der Waals surface area contributed by atoms with Crippen LogP contribution in [0, 0.1) is 0 Å². The van der Waals surface area contributed by atoms with Gasteiger partial charge in [0.05, 0.1) is 19.1 Å². The molecule has 206 valence electrons. The lowest BCUT2D eigenvalue weighted by molar-refractivity contribution is -0.114. The molecule has 0 spiro atoms. The van der Waals surface area contributed by atoms with Gasteiger partial charge in [0.2, 0.25) is 0 Å². The SMILES string of the molecule is CNC(=O)C1=NCC(c2ccc3c(c2)CCCN3c2nn(C3CCOCC3)c3c2CN(C(=O)NC)CC3)C=C1. The number of hydrogen-bond acceptors (Lipinski definition) is 6. The number of amides is 3. The fourth-order valence-electron chi connectivity index (χ4n) is 6.29. The number of aliphatic imine (C=N–C) groups is 1. The molecule has 0 saturated carbocycles. The largest absolute Gasteiger partial charge is 0.381 e. The fourth-order valence-corrected chi connectivity index (χ4v) is 6.29. The van der Waals surface area contributed by atoms with E-state index >= 15 is 0 Å². The third-order valence-electron chi connectivity index (χ3n) is 8.41. The maximum Gasteiger partial charge on any atom is 0.317 e. The highest BCUT2D eigenvalue weighted by molar-refractivity contribution is 6.43. The van der Waals surface area contributed by atoms with Gasteiger partial charge in [-0.15, -0.1) is 0 Å². The minimum Gasteiger partial charge on any atom is -0.381 e. The highest BCUT2D eigenvalue weighted by atomic mass is 16.5. The van der Waals surface area contributed by atoms with Crippen LogP contribution in [0.3, 0.4) is 0 Å². The summed E-state index contributed by atoms with van der Waals surface area (Å²) < 4.78 is 7.89. The van der Waals surface area contributed by atoms with Crippen molar-refractivity contribution in [1.29, 1.82) is 0 Å². The molecule has 5 heterocycles. The summed E-state index contributed by atoms with van der Waals surface area (Å²) in [4.78, 5) is 33.2. The number of carbonyl (C=O) groups excluding carboxylic acids is 2. The quantitative estimate of drug-likeness (QED) is 0.632. The van der Waals surface area contributed by atoms with Gasteiger partial charge in [-0.1, -0.05) is 18.2 Å². The summed E-state index contributed by atoms with van der Waals surface area (Å²) in [6.45, 7) is 4.25. The van der Waals surface area contributed by atoms with Gasteiger partial charge in [-0.25, -0.2) is 4.79 Å². The molecule has 2 aromatic rings. The Morgan fingerprint density at radius 2 is 1.92 bits per heavy atom. The number of benzene rings is 1. The second kappa shape index (κ2) is 10.8. The van der Waals surface area contributed by atoms with E-state index in [1.165, 1.54) is 28.1 Å². The van der Waals surface area contributed by atoms with Crippen molar-refractivity contribution < 1.29 is 14.3 Å². The predicted molar refractivity (Wildman–Crippen MR) is 150 cm³/mol. The van der Waals surface area contributed by atoms with Gasteiger partial charge in [-0.05, 0) is 49.0 Å². The Morgan fingerprint density at radius 1 is 1.08 bits per heavy atom. The molecule has 1 aromatic heterocycles. The molecule has 2 N–H and O–H groups in total. The van der Waals surface area contributed by atoms with Crippen molar-refractivity contribution in [3.63, 3.8) is 0 Å². The average Bonchev–Trinajstić information content (AvgIpc) is 3.39. The summed E-state index contributed by atoms with van der Waals surface area (Å²) in [5.41, 5.74) is 6.62. The van der Waals surface area contributed by atoms with Gasteiger partial charge < -0.3 is 25.2 Å². The van der Waals surface area contributed by atoms with E-state index in [2.05, 4.69) is 49.5 Å². The Morgan fingerprint density at radius 3 is 2.67 bits per heavy atom. The number of dihydropyridines is 1. The zero-order valence-electron chi connectivity index (χ0n) is 22.8. The standard InChI is InChI=1S/C29H37N7O3/c1-30-28(37)24-7-5-21(17-32-24)19-6-8-25-20(16-19)4-3-12-35(25)27-23-18-34(29(38)31-2)13-9-26(23)36(33-27)22-10-14-39-15-11-22/h5-8,16,21-22H,3-4,9-15,17-18H2,1-2H3,(H,30,37)(H,31,38). The highest BCUT2D eigenvalue weighted by Crippen LogP contribution is 2.40. The Labute approximate surface area is 229 Å². The molecular formula is C29H37N7O3. The first kappa shape index (κ1) is 25.6. The second-order valence-corrected chi connectivity index (χ2v) is 10.7. The van der Waals surface area contributed by atoms with Crippen LogP contribution in [-0.4, -0.2) is 79.3 Å². The molecule has 39 heavy (non-hydrogen) atoms. The lowest BCUT2D eigenvalue weighted by atomic mass is 9.91. The van der Waals surface area contributed by atoms with E-state index in [-0.39, 0.29) is 17.9 Å². The highest BCUT2D eigenvalue weighted by Gasteiger charge is 2.34. The lowest BCUT2D eigenvalue weighted by Gasteiger charge is -2.33. The van der Waals surface area contributed by atoms with E-state index in [9.17, 15) is 9.59 Å². The number of ether oxygens (including phenoxy) is 1. The van der Waals surface area contributed by atoms with Gasteiger partial charge in [-0.2, -0.15) is 5.10 Å². The Kier molecular flexibility index (Phi) is 7.12. The summed E-state index contributed by atoms with van der Waals surface area (Å²) in [6, 6.07) is 6.99. The number of hydrogen-bond donors (Lipinski definition) is 2. The van der Waals surface area contributed by atoms with Crippen LogP contribution in [0.1, 0.15) is 53.6 Å². The third kappa shape index (κ3) is 4.82. The van der Waals surface area contributed by atoms with Crippen LogP contribution in [0.25, 0.3) is 0 Å². The van der Waals surface area contributed by atoms with Crippen molar-refractivity contribution in [2.24, 2.45) is 4.99 Å². The first-order valence-corrected chi connectivity index (χ1v) is 14.1.